The minimum atomic E-state index is -3.77. The lowest BCUT2D eigenvalue weighted by Gasteiger charge is -2.17. The molecule has 21 heavy (non-hydrogen) atoms. The summed E-state index contributed by atoms with van der Waals surface area (Å²) in [5.41, 5.74) is 0.142. The first-order valence-corrected chi connectivity index (χ1v) is 7.73. The molecule has 0 fully saturated rings. The van der Waals surface area contributed by atoms with Crippen LogP contribution in [0.25, 0.3) is 5.69 Å². The third kappa shape index (κ3) is 2.09. The van der Waals surface area contributed by atoms with Crippen molar-refractivity contribution in [3.8, 4) is 5.69 Å². The van der Waals surface area contributed by atoms with Crippen molar-refractivity contribution in [3.63, 3.8) is 0 Å². The van der Waals surface area contributed by atoms with Gasteiger partial charge in [0, 0.05) is 0 Å². The summed E-state index contributed by atoms with van der Waals surface area (Å²) in [5.74, 6) is -1.88. The zero-order chi connectivity index (χ0) is 15.2. The van der Waals surface area contributed by atoms with Crippen LogP contribution >= 0.6 is 0 Å². The predicted octanol–water partition coefficient (Wildman–Crippen LogP) is 0.870. The van der Waals surface area contributed by atoms with Gasteiger partial charge in [-0.1, -0.05) is 5.21 Å². The Kier molecular flexibility index (Phi) is 3.01. The van der Waals surface area contributed by atoms with E-state index in [1.807, 2.05) is 0 Å². The van der Waals surface area contributed by atoms with Gasteiger partial charge in [-0.05, 0) is 25.1 Å². The Morgan fingerprint density at radius 1 is 1.48 bits per heavy atom. The summed E-state index contributed by atoms with van der Waals surface area (Å²) in [4.78, 5) is 11.6. The van der Waals surface area contributed by atoms with Crippen molar-refractivity contribution in [1.82, 2.24) is 15.0 Å². The zero-order valence-electron chi connectivity index (χ0n) is 10.9. The van der Waals surface area contributed by atoms with Crippen LogP contribution in [0.2, 0.25) is 0 Å². The second-order valence-corrected chi connectivity index (χ2v) is 6.35. The molecular weight excluding hydrogens is 301 g/mol. The van der Waals surface area contributed by atoms with Crippen LogP contribution < -0.4 is 0 Å². The number of benzene rings is 1. The Balaban J connectivity index is 2.22. The van der Waals surface area contributed by atoms with Crippen LogP contribution in [0.5, 0.6) is 0 Å². The number of fused-ring (bicyclic) bond motifs is 3. The molecule has 0 unspecified atom stereocenters. The van der Waals surface area contributed by atoms with Crippen LogP contribution in [0.1, 0.15) is 23.1 Å². The molecule has 0 N–H and O–H groups in total. The molecule has 0 saturated carbocycles. The molecule has 2 aromatic rings. The summed E-state index contributed by atoms with van der Waals surface area (Å²) >= 11 is 0. The largest absolute Gasteiger partial charge is 0.461 e. The van der Waals surface area contributed by atoms with E-state index in [9.17, 15) is 17.6 Å². The van der Waals surface area contributed by atoms with Gasteiger partial charge in [0.1, 0.15) is 5.82 Å². The number of aromatic nitrogens is 3. The van der Waals surface area contributed by atoms with Gasteiger partial charge in [-0.2, -0.15) is 0 Å². The average molecular weight is 311 g/mol. The second-order valence-electron chi connectivity index (χ2n) is 4.39. The van der Waals surface area contributed by atoms with Crippen molar-refractivity contribution in [1.29, 1.82) is 0 Å². The number of carbonyl (C=O) groups is 1. The number of carbonyl (C=O) groups excluding carboxylic acids is 1. The lowest BCUT2D eigenvalue weighted by atomic mass is 10.2. The number of sulfone groups is 1. The maximum absolute atomic E-state index is 13.3. The van der Waals surface area contributed by atoms with E-state index < -0.39 is 27.4 Å². The fourth-order valence-corrected chi connectivity index (χ4v) is 3.69. The number of halogens is 1. The number of nitrogens with zero attached hydrogens (tertiary/aromatic N) is 3. The standard InChI is InChI=1S/C12H10FN3O4S/c1-2-20-12(17)11-9-6-21(18,19)10-5-7(13)3-4-8(10)16(9)15-14-11/h3-5H,2,6H2,1H3. The molecule has 0 amide bonds. The quantitative estimate of drug-likeness (QED) is 0.764. The van der Waals surface area contributed by atoms with Gasteiger partial charge >= 0.3 is 5.97 Å². The number of hydrogen-bond acceptors (Lipinski definition) is 6. The highest BCUT2D eigenvalue weighted by Gasteiger charge is 2.34. The summed E-state index contributed by atoms with van der Waals surface area (Å²) in [5, 5.41) is 7.46. The summed E-state index contributed by atoms with van der Waals surface area (Å²) in [7, 11) is -3.77. The summed E-state index contributed by atoms with van der Waals surface area (Å²) < 4.78 is 43.8. The highest BCUT2D eigenvalue weighted by atomic mass is 32.2. The Morgan fingerprint density at radius 3 is 2.95 bits per heavy atom. The highest BCUT2D eigenvalue weighted by Crippen LogP contribution is 2.31. The van der Waals surface area contributed by atoms with Gasteiger partial charge in [-0.3, -0.25) is 0 Å². The fraction of sp³-hybridized carbons (Fsp3) is 0.250. The molecule has 0 radical (unpaired) electrons. The van der Waals surface area contributed by atoms with Crippen molar-refractivity contribution in [2.75, 3.05) is 6.61 Å². The molecule has 2 heterocycles. The third-order valence-electron chi connectivity index (χ3n) is 3.04. The maximum Gasteiger partial charge on any atom is 0.360 e. The van der Waals surface area contributed by atoms with E-state index in [1.165, 1.54) is 10.7 Å². The minimum Gasteiger partial charge on any atom is -0.461 e. The summed E-state index contributed by atoms with van der Waals surface area (Å²) in [6.45, 7) is 1.77. The monoisotopic (exact) mass is 311 g/mol. The molecule has 1 aromatic heterocycles. The van der Waals surface area contributed by atoms with Crippen LogP contribution in [0.3, 0.4) is 0 Å². The van der Waals surface area contributed by atoms with Crippen LogP contribution in [0.15, 0.2) is 23.1 Å². The van der Waals surface area contributed by atoms with E-state index in [0.29, 0.717) is 0 Å². The molecule has 9 heteroatoms. The summed E-state index contributed by atoms with van der Waals surface area (Å²) in [6.07, 6.45) is 0. The molecule has 0 saturated heterocycles. The lowest BCUT2D eigenvalue weighted by Crippen LogP contribution is -2.21. The number of hydrogen-bond donors (Lipinski definition) is 0. The first-order valence-electron chi connectivity index (χ1n) is 6.08. The number of rotatable bonds is 2. The highest BCUT2D eigenvalue weighted by molar-refractivity contribution is 7.90. The molecule has 110 valence electrons. The first kappa shape index (κ1) is 13.7. The molecule has 0 bridgehead atoms. The Hall–Kier alpha value is -2.29. The van der Waals surface area contributed by atoms with Crippen LogP contribution in [-0.4, -0.2) is 36.0 Å². The van der Waals surface area contributed by atoms with E-state index in [2.05, 4.69) is 10.3 Å². The van der Waals surface area contributed by atoms with E-state index in [-0.39, 0.29) is 28.6 Å². The minimum absolute atomic E-state index is 0.118. The molecule has 1 aliphatic heterocycles. The predicted molar refractivity (Wildman–Crippen MR) is 68.2 cm³/mol. The zero-order valence-corrected chi connectivity index (χ0v) is 11.7. The molecule has 0 spiro atoms. The van der Waals surface area contributed by atoms with E-state index in [0.717, 1.165) is 12.1 Å². The van der Waals surface area contributed by atoms with Gasteiger partial charge in [-0.25, -0.2) is 22.3 Å². The van der Waals surface area contributed by atoms with Crippen LogP contribution in [0.4, 0.5) is 4.39 Å². The SMILES string of the molecule is CCOC(=O)c1nnn2c1CS(=O)(=O)c1cc(F)ccc1-2. The molecule has 7 nitrogen and oxygen atoms in total. The molecule has 1 aliphatic rings. The van der Waals surface area contributed by atoms with E-state index >= 15 is 0 Å². The van der Waals surface area contributed by atoms with Gasteiger partial charge in [0.05, 0.1) is 28.6 Å². The molecular formula is C12H10FN3O4S. The van der Waals surface area contributed by atoms with Gasteiger partial charge in [-0.15, -0.1) is 5.10 Å². The van der Waals surface area contributed by atoms with Gasteiger partial charge in [0.25, 0.3) is 0 Å². The maximum atomic E-state index is 13.3. The Labute approximate surface area is 119 Å². The molecule has 3 rings (SSSR count). The number of ether oxygens (including phenoxy) is 1. The second kappa shape index (κ2) is 4.62. The van der Waals surface area contributed by atoms with Crippen molar-refractivity contribution in [3.05, 3.63) is 35.4 Å². The van der Waals surface area contributed by atoms with Crippen molar-refractivity contribution < 1.29 is 22.3 Å². The fourth-order valence-electron chi connectivity index (χ4n) is 2.15. The molecule has 0 aliphatic carbocycles. The number of esters is 1. The van der Waals surface area contributed by atoms with Gasteiger partial charge in [0.15, 0.2) is 15.5 Å². The van der Waals surface area contributed by atoms with Crippen molar-refractivity contribution >= 4 is 15.8 Å². The average Bonchev–Trinajstić information content (AvgIpc) is 2.82. The van der Waals surface area contributed by atoms with Crippen LogP contribution in [-0.2, 0) is 20.3 Å². The van der Waals surface area contributed by atoms with Gasteiger partial charge in [0.2, 0.25) is 0 Å². The van der Waals surface area contributed by atoms with Gasteiger partial charge < -0.3 is 4.74 Å². The Bertz CT molecular complexity index is 844. The van der Waals surface area contributed by atoms with E-state index in [1.54, 1.807) is 6.92 Å². The topological polar surface area (TPSA) is 91.2 Å². The smallest absolute Gasteiger partial charge is 0.360 e. The molecule has 0 atom stereocenters. The van der Waals surface area contributed by atoms with Crippen molar-refractivity contribution in [2.24, 2.45) is 0 Å². The van der Waals surface area contributed by atoms with E-state index in [4.69, 9.17) is 4.74 Å². The summed E-state index contributed by atoms with van der Waals surface area (Å²) in [6, 6.07) is 3.34. The lowest BCUT2D eigenvalue weighted by molar-refractivity contribution is 0.0518. The third-order valence-corrected chi connectivity index (χ3v) is 4.69. The normalized spacial score (nSPS) is 15.1. The van der Waals surface area contributed by atoms with Crippen LogP contribution in [0, 0.1) is 5.82 Å². The molecule has 1 aromatic carbocycles. The van der Waals surface area contributed by atoms with Crippen molar-refractivity contribution in [2.45, 2.75) is 17.6 Å². The Morgan fingerprint density at radius 2 is 2.24 bits per heavy atom. The first-order chi connectivity index (χ1) is 9.94.